The summed E-state index contributed by atoms with van der Waals surface area (Å²) in [6.07, 6.45) is 5.58. The van der Waals surface area contributed by atoms with Gasteiger partial charge in [0.2, 0.25) is 0 Å². The molecule has 1 heterocycles. The first-order chi connectivity index (χ1) is 23.0. The Hall–Kier alpha value is -4.83. The van der Waals surface area contributed by atoms with Crippen LogP contribution in [0.2, 0.25) is 0 Å². The van der Waals surface area contributed by atoms with Gasteiger partial charge >= 0.3 is 0 Å². The topological polar surface area (TPSA) is 38.7 Å². The molecule has 3 saturated carbocycles. The summed E-state index contributed by atoms with van der Waals surface area (Å²) in [6.45, 7) is 2.50. The Bertz CT molecular complexity index is 2000. The van der Waals surface area contributed by atoms with Gasteiger partial charge in [-0.1, -0.05) is 122 Å². The molecule has 5 aromatic carbocycles. The summed E-state index contributed by atoms with van der Waals surface area (Å²) in [6, 6.07) is 45.5. The van der Waals surface area contributed by atoms with Crippen molar-refractivity contribution in [1.29, 1.82) is 0 Å². The highest BCUT2D eigenvalue weighted by Crippen LogP contribution is 2.67. The minimum Gasteiger partial charge on any atom is -0.208 e. The van der Waals surface area contributed by atoms with Crippen LogP contribution in [0.1, 0.15) is 38.2 Å². The molecule has 0 N–H and O–H groups in total. The Morgan fingerprint density at radius 2 is 0.936 bits per heavy atom. The van der Waals surface area contributed by atoms with Crippen molar-refractivity contribution in [3.8, 4) is 56.4 Å². The second-order valence-electron chi connectivity index (χ2n) is 14.6. The smallest absolute Gasteiger partial charge is 0.164 e. The quantitative estimate of drug-likeness (QED) is 0.178. The molecule has 0 spiro atoms. The molecule has 3 fully saturated rings. The summed E-state index contributed by atoms with van der Waals surface area (Å²) >= 11 is 0. The van der Waals surface area contributed by atoms with Crippen molar-refractivity contribution >= 4 is 13.3 Å². The lowest BCUT2D eigenvalue weighted by Gasteiger charge is -2.65. The van der Waals surface area contributed by atoms with Crippen molar-refractivity contribution in [2.24, 2.45) is 23.7 Å². The van der Waals surface area contributed by atoms with Crippen molar-refractivity contribution in [2.45, 2.75) is 38.0 Å². The van der Waals surface area contributed by atoms with Crippen LogP contribution >= 0.6 is 0 Å². The number of hydrogen-bond donors (Lipinski definition) is 0. The third-order valence-electron chi connectivity index (χ3n) is 11.5. The molecule has 6 aromatic rings. The highest BCUT2D eigenvalue weighted by Gasteiger charge is 2.59. The Kier molecular flexibility index (Phi) is 6.74. The average molecular weight is 608 g/mol. The van der Waals surface area contributed by atoms with E-state index in [1.165, 1.54) is 36.7 Å². The van der Waals surface area contributed by atoms with Gasteiger partial charge in [-0.15, -0.1) is 0 Å². The van der Waals surface area contributed by atoms with Gasteiger partial charge < -0.3 is 0 Å². The van der Waals surface area contributed by atoms with Gasteiger partial charge in [0.15, 0.2) is 17.5 Å². The second kappa shape index (κ2) is 11.2. The molecule has 0 radical (unpaired) electrons. The first-order valence-corrected chi connectivity index (χ1v) is 17.2. The zero-order valence-corrected chi connectivity index (χ0v) is 27.1. The summed E-state index contributed by atoms with van der Waals surface area (Å²) in [5.41, 5.74) is 10.5. The van der Waals surface area contributed by atoms with Crippen molar-refractivity contribution in [1.82, 2.24) is 15.0 Å². The maximum Gasteiger partial charge on any atom is 0.164 e. The monoisotopic (exact) mass is 607 g/mol. The number of nitrogens with zero attached hydrogens (tertiary/aromatic N) is 3. The van der Waals surface area contributed by atoms with Crippen LogP contribution in [-0.4, -0.2) is 22.8 Å². The van der Waals surface area contributed by atoms with Crippen LogP contribution in [0.25, 0.3) is 56.4 Å². The van der Waals surface area contributed by atoms with Crippen LogP contribution in [-0.2, 0) is 5.41 Å². The molecule has 0 saturated heterocycles. The van der Waals surface area contributed by atoms with Crippen LogP contribution in [0.15, 0.2) is 127 Å². The number of benzene rings is 5. The lowest BCUT2D eigenvalue weighted by Crippen LogP contribution is -2.58. The first kappa shape index (κ1) is 28.4. The number of aromatic nitrogens is 3. The Morgan fingerprint density at radius 1 is 0.489 bits per heavy atom. The molecular weight excluding hydrogens is 569 g/mol. The van der Waals surface area contributed by atoms with Crippen molar-refractivity contribution < 1.29 is 0 Å². The molecule has 3 aliphatic carbocycles. The zero-order chi connectivity index (χ0) is 31.5. The van der Waals surface area contributed by atoms with Crippen LogP contribution in [0, 0.1) is 23.7 Å². The molecule has 4 heteroatoms. The minimum atomic E-state index is 0.263. The van der Waals surface area contributed by atoms with E-state index in [2.05, 4.69) is 142 Å². The van der Waals surface area contributed by atoms with E-state index >= 15 is 0 Å². The van der Waals surface area contributed by atoms with Gasteiger partial charge in [-0.05, 0) is 101 Å². The standard InChI is InChI=1S/C43H38BN3/c1-43(25-35-23-33-24-36(26-43)39(33)35)37-16-12-29(13-17-37)40-45-41(30-14-18-38(44)19-15-30)47-42(46-40)34-21-31(27-8-4-2-5-9-27)20-32(22-34)28-10-6-3-7-11-28/h2-22,33,35-36,39H,23-26,44H2,1H3/t33?,35-,36+,39?,43?. The second-order valence-corrected chi connectivity index (χ2v) is 14.6. The third kappa shape index (κ3) is 5.11. The summed E-state index contributed by atoms with van der Waals surface area (Å²) in [7, 11) is 2.11. The van der Waals surface area contributed by atoms with Crippen LogP contribution in [0.5, 0.6) is 0 Å². The van der Waals surface area contributed by atoms with Gasteiger partial charge in [0.25, 0.3) is 0 Å². The molecule has 47 heavy (non-hydrogen) atoms. The molecule has 228 valence electrons. The Balaban J connectivity index is 1.15. The van der Waals surface area contributed by atoms with Gasteiger partial charge in [-0.25, -0.2) is 15.0 Å². The van der Waals surface area contributed by atoms with E-state index in [0.717, 1.165) is 62.6 Å². The van der Waals surface area contributed by atoms with E-state index in [4.69, 9.17) is 15.0 Å². The lowest BCUT2D eigenvalue weighted by molar-refractivity contribution is -0.141. The van der Waals surface area contributed by atoms with E-state index in [0.29, 0.717) is 17.5 Å². The van der Waals surface area contributed by atoms with E-state index in [-0.39, 0.29) is 5.41 Å². The maximum atomic E-state index is 5.17. The van der Waals surface area contributed by atoms with Gasteiger partial charge in [-0.2, -0.15) is 0 Å². The van der Waals surface area contributed by atoms with Crippen molar-refractivity contribution in [3.05, 3.63) is 133 Å². The van der Waals surface area contributed by atoms with Gasteiger partial charge in [0.1, 0.15) is 7.85 Å². The van der Waals surface area contributed by atoms with Gasteiger partial charge in [0, 0.05) is 16.7 Å². The molecule has 0 bridgehead atoms. The Morgan fingerprint density at radius 3 is 1.43 bits per heavy atom. The molecule has 3 unspecified atom stereocenters. The van der Waals surface area contributed by atoms with Crippen molar-refractivity contribution in [3.63, 3.8) is 0 Å². The highest BCUT2D eigenvalue weighted by molar-refractivity contribution is 6.32. The fraction of sp³-hybridized carbons (Fsp3) is 0.233. The average Bonchev–Trinajstić information content (AvgIpc) is 3.10. The highest BCUT2D eigenvalue weighted by atomic mass is 15.0. The molecule has 9 rings (SSSR count). The largest absolute Gasteiger partial charge is 0.208 e. The fourth-order valence-electron chi connectivity index (χ4n) is 9.02. The number of hydrogen-bond acceptors (Lipinski definition) is 3. The van der Waals surface area contributed by atoms with Crippen LogP contribution < -0.4 is 5.46 Å². The molecule has 0 amide bonds. The number of rotatable bonds is 6. The normalized spacial score (nSPS) is 24.1. The van der Waals surface area contributed by atoms with Crippen LogP contribution in [0.4, 0.5) is 0 Å². The predicted octanol–water partition coefficient (Wildman–Crippen LogP) is 8.79. The summed E-state index contributed by atoms with van der Waals surface area (Å²) < 4.78 is 0. The summed E-state index contributed by atoms with van der Waals surface area (Å²) in [5.74, 6) is 6.04. The predicted molar refractivity (Wildman–Crippen MR) is 195 cm³/mol. The molecule has 1 aromatic heterocycles. The zero-order valence-electron chi connectivity index (χ0n) is 27.1. The van der Waals surface area contributed by atoms with E-state index in [9.17, 15) is 0 Å². The van der Waals surface area contributed by atoms with Crippen LogP contribution in [0.3, 0.4) is 0 Å². The molecular formula is C43H38BN3. The lowest BCUT2D eigenvalue weighted by atomic mass is 9.39. The summed E-state index contributed by atoms with van der Waals surface area (Å²) in [5, 5.41) is 0. The maximum absolute atomic E-state index is 5.17. The van der Waals surface area contributed by atoms with E-state index in [1.807, 2.05) is 0 Å². The summed E-state index contributed by atoms with van der Waals surface area (Å²) in [4.78, 5) is 15.4. The van der Waals surface area contributed by atoms with Gasteiger partial charge in [-0.3, -0.25) is 0 Å². The first-order valence-electron chi connectivity index (χ1n) is 17.2. The molecule has 0 aliphatic heterocycles. The van der Waals surface area contributed by atoms with Crippen molar-refractivity contribution in [2.75, 3.05) is 0 Å². The fourth-order valence-corrected chi connectivity index (χ4v) is 9.02. The van der Waals surface area contributed by atoms with E-state index < -0.39 is 0 Å². The SMILES string of the molecule is Bc1ccc(-c2nc(-c3ccc(C4(C)C[C@H]5CC6C[C@@H](C4)C65)cc3)nc(-c3cc(-c4ccccc4)cc(-c4ccccc4)c3)n2)cc1. The Labute approximate surface area is 278 Å². The molecule has 3 nitrogen and oxygen atoms in total. The minimum absolute atomic E-state index is 0.263. The third-order valence-corrected chi connectivity index (χ3v) is 11.5. The molecule has 3 aliphatic rings. The molecule has 5 atom stereocenters. The van der Waals surface area contributed by atoms with Gasteiger partial charge in [0.05, 0.1) is 0 Å². The van der Waals surface area contributed by atoms with E-state index in [1.54, 1.807) is 0 Å².